The van der Waals surface area contributed by atoms with Crippen LogP contribution in [0.5, 0.6) is 5.75 Å². The van der Waals surface area contributed by atoms with Crippen molar-refractivity contribution in [2.75, 3.05) is 31.4 Å². The SMILES string of the molecule is CCCC(CCC)S(=O)(=O)CC(NC(=O)CS(C)(=O)=O)C(=O)O[C@H](CNCc1cccc(OC)c1)[C@@H](N)Cc1ccccc1. The molecule has 0 aliphatic carbocycles. The highest BCUT2D eigenvalue weighted by Gasteiger charge is 2.35. The molecule has 0 heterocycles. The molecule has 0 fully saturated rings. The maximum atomic E-state index is 13.6. The quantitative estimate of drug-likeness (QED) is 0.180. The largest absolute Gasteiger partial charge is 0.497 e. The van der Waals surface area contributed by atoms with Crippen LogP contribution in [0.3, 0.4) is 0 Å². The Morgan fingerprint density at radius 1 is 0.932 bits per heavy atom. The highest BCUT2D eigenvalue weighted by molar-refractivity contribution is 7.92. The van der Waals surface area contributed by atoms with Crippen molar-refractivity contribution >= 4 is 31.6 Å². The van der Waals surface area contributed by atoms with Crippen molar-refractivity contribution in [1.82, 2.24) is 10.6 Å². The third-order valence-corrected chi connectivity index (χ3v) is 10.1. The molecule has 0 aliphatic heterocycles. The Labute approximate surface area is 262 Å². The zero-order valence-electron chi connectivity index (χ0n) is 26.0. The lowest BCUT2D eigenvalue weighted by Crippen LogP contribution is -2.53. The molecule has 0 saturated heterocycles. The van der Waals surface area contributed by atoms with Gasteiger partial charge >= 0.3 is 5.97 Å². The number of benzene rings is 2. The predicted molar refractivity (Wildman–Crippen MR) is 172 cm³/mol. The van der Waals surface area contributed by atoms with Crippen molar-refractivity contribution in [3.05, 3.63) is 65.7 Å². The number of nitrogens with two attached hydrogens (primary N) is 1. The number of rotatable bonds is 20. The number of carbonyl (C=O) groups is 2. The van der Waals surface area contributed by atoms with Crippen molar-refractivity contribution in [1.29, 1.82) is 0 Å². The number of hydrogen-bond acceptors (Lipinski definition) is 10. The van der Waals surface area contributed by atoms with E-state index in [1.807, 2.05) is 68.4 Å². The van der Waals surface area contributed by atoms with Gasteiger partial charge in [-0.2, -0.15) is 0 Å². The zero-order valence-corrected chi connectivity index (χ0v) is 27.7. The summed E-state index contributed by atoms with van der Waals surface area (Å²) >= 11 is 0. The van der Waals surface area contributed by atoms with E-state index in [0.29, 0.717) is 44.4 Å². The minimum Gasteiger partial charge on any atom is -0.497 e. The molecule has 0 bridgehead atoms. The van der Waals surface area contributed by atoms with Gasteiger partial charge in [-0.3, -0.25) is 4.79 Å². The summed E-state index contributed by atoms with van der Waals surface area (Å²) < 4.78 is 61.4. The summed E-state index contributed by atoms with van der Waals surface area (Å²) in [5.74, 6) is -2.92. The number of amides is 1. The third kappa shape index (κ3) is 13.3. The van der Waals surface area contributed by atoms with Gasteiger partial charge in [-0.15, -0.1) is 0 Å². The van der Waals surface area contributed by atoms with Crippen LogP contribution in [0.4, 0.5) is 0 Å². The van der Waals surface area contributed by atoms with Crippen molar-refractivity contribution < 1.29 is 35.9 Å². The van der Waals surface area contributed by atoms with Gasteiger partial charge in [0, 0.05) is 25.4 Å². The molecular weight excluding hydrogens is 606 g/mol. The fourth-order valence-electron chi connectivity index (χ4n) is 4.83. The Kier molecular flexibility index (Phi) is 15.3. The molecule has 44 heavy (non-hydrogen) atoms. The molecule has 0 saturated carbocycles. The summed E-state index contributed by atoms with van der Waals surface area (Å²) in [4.78, 5) is 26.2. The van der Waals surface area contributed by atoms with Crippen LogP contribution < -0.4 is 21.1 Å². The first-order chi connectivity index (χ1) is 20.8. The molecule has 1 amide bonds. The molecule has 13 heteroatoms. The van der Waals surface area contributed by atoms with Crippen molar-refractivity contribution in [2.24, 2.45) is 5.73 Å². The molecular formula is C31H47N3O8S2. The lowest BCUT2D eigenvalue weighted by Gasteiger charge is -2.28. The summed E-state index contributed by atoms with van der Waals surface area (Å²) in [6, 6.07) is 14.5. The van der Waals surface area contributed by atoms with Gasteiger partial charge in [0.15, 0.2) is 19.7 Å². The van der Waals surface area contributed by atoms with Crippen LogP contribution in [0.15, 0.2) is 54.6 Å². The number of sulfone groups is 2. The van der Waals surface area contributed by atoms with E-state index in [4.69, 9.17) is 15.2 Å². The smallest absolute Gasteiger partial charge is 0.330 e. The van der Waals surface area contributed by atoms with Crippen LogP contribution in [0, 0.1) is 0 Å². The van der Waals surface area contributed by atoms with Gasteiger partial charge in [-0.25, -0.2) is 21.6 Å². The number of hydrogen-bond donors (Lipinski definition) is 3. The van der Waals surface area contributed by atoms with E-state index < -0.39 is 66.5 Å². The summed E-state index contributed by atoms with van der Waals surface area (Å²) in [5, 5.41) is 4.84. The maximum Gasteiger partial charge on any atom is 0.330 e. The monoisotopic (exact) mass is 653 g/mol. The highest BCUT2D eigenvalue weighted by atomic mass is 32.2. The molecule has 2 aromatic rings. The van der Waals surface area contributed by atoms with Crippen molar-refractivity contribution in [3.8, 4) is 5.75 Å². The molecule has 0 aromatic heterocycles. The Hall–Kier alpha value is -3.00. The van der Waals surface area contributed by atoms with Crippen LogP contribution in [-0.4, -0.2) is 83.6 Å². The Balaban J connectivity index is 2.31. The van der Waals surface area contributed by atoms with Gasteiger partial charge in [-0.05, 0) is 42.5 Å². The first-order valence-electron chi connectivity index (χ1n) is 14.8. The van der Waals surface area contributed by atoms with E-state index in [1.54, 1.807) is 7.11 Å². The highest BCUT2D eigenvalue weighted by Crippen LogP contribution is 2.18. The molecule has 2 rings (SSSR count). The van der Waals surface area contributed by atoms with E-state index in [-0.39, 0.29) is 6.54 Å². The average molecular weight is 654 g/mol. The molecule has 4 N–H and O–H groups in total. The number of nitrogens with one attached hydrogen (secondary N) is 2. The van der Waals surface area contributed by atoms with Crippen LogP contribution in [0.25, 0.3) is 0 Å². The summed E-state index contributed by atoms with van der Waals surface area (Å²) in [6.07, 6.45) is 2.36. The lowest BCUT2D eigenvalue weighted by atomic mass is 10.0. The molecule has 2 aromatic carbocycles. The second kappa shape index (κ2) is 18.1. The van der Waals surface area contributed by atoms with E-state index in [0.717, 1.165) is 17.4 Å². The van der Waals surface area contributed by atoms with Crippen LogP contribution in [-0.2, 0) is 47.0 Å². The van der Waals surface area contributed by atoms with E-state index >= 15 is 0 Å². The van der Waals surface area contributed by atoms with Gasteiger partial charge in [0.2, 0.25) is 5.91 Å². The van der Waals surface area contributed by atoms with E-state index in [9.17, 15) is 26.4 Å². The molecule has 11 nitrogen and oxygen atoms in total. The van der Waals surface area contributed by atoms with Crippen molar-refractivity contribution in [3.63, 3.8) is 0 Å². The van der Waals surface area contributed by atoms with Gasteiger partial charge in [0.1, 0.15) is 23.6 Å². The lowest BCUT2D eigenvalue weighted by molar-refractivity contribution is -0.153. The van der Waals surface area contributed by atoms with Gasteiger partial charge in [-0.1, -0.05) is 69.2 Å². The zero-order chi connectivity index (χ0) is 32.8. The van der Waals surface area contributed by atoms with Crippen LogP contribution in [0.2, 0.25) is 0 Å². The summed E-state index contributed by atoms with van der Waals surface area (Å²) in [5.41, 5.74) is 8.37. The second-order valence-electron chi connectivity index (χ2n) is 11.0. The molecule has 246 valence electrons. The molecule has 0 radical (unpaired) electrons. The number of methoxy groups -OCH3 is 1. The molecule has 3 atom stereocenters. The van der Waals surface area contributed by atoms with Crippen LogP contribution in [0.1, 0.15) is 50.7 Å². The van der Waals surface area contributed by atoms with Gasteiger partial charge in [0.05, 0.1) is 18.1 Å². The summed E-state index contributed by atoms with van der Waals surface area (Å²) in [7, 11) is -6.04. The van der Waals surface area contributed by atoms with Gasteiger partial charge in [0.25, 0.3) is 0 Å². The molecule has 0 spiro atoms. The number of carbonyl (C=O) groups excluding carboxylic acids is 2. The van der Waals surface area contributed by atoms with Crippen LogP contribution >= 0.6 is 0 Å². The fourth-order valence-corrected chi connectivity index (χ4v) is 7.53. The van der Waals surface area contributed by atoms with E-state index in [1.165, 1.54) is 0 Å². The Morgan fingerprint density at radius 3 is 2.16 bits per heavy atom. The van der Waals surface area contributed by atoms with E-state index in [2.05, 4.69) is 10.6 Å². The number of ether oxygens (including phenoxy) is 2. The predicted octanol–water partition coefficient (Wildman–Crippen LogP) is 2.18. The van der Waals surface area contributed by atoms with Gasteiger partial charge < -0.3 is 25.8 Å². The minimum atomic E-state index is -3.87. The third-order valence-electron chi connectivity index (χ3n) is 7.01. The normalized spacial score (nSPS) is 14.0. The van der Waals surface area contributed by atoms with Crippen molar-refractivity contribution in [2.45, 2.75) is 75.9 Å². The molecule has 1 unspecified atom stereocenters. The second-order valence-corrected chi connectivity index (χ2v) is 15.5. The topological polar surface area (TPSA) is 171 Å². The Bertz CT molecular complexity index is 1400. The summed E-state index contributed by atoms with van der Waals surface area (Å²) in [6.45, 7) is 4.27. The number of esters is 1. The Morgan fingerprint density at radius 2 is 1.57 bits per heavy atom. The average Bonchev–Trinajstić information content (AvgIpc) is 2.95. The standard InChI is InChI=1S/C31H47N3O8S2/c1-5-11-26(12-6-2)44(39,40)21-28(34-30(35)22-43(4,37)38)31(36)42-29(27(32)18-23-13-8-7-9-14-23)20-33-19-24-15-10-16-25(17-24)41-3/h7-10,13-17,26-29,33H,5-6,11-12,18-22,32H2,1-4H3,(H,34,35)/t27-,28?,29+/m0/s1. The fraction of sp³-hybridized carbons (Fsp3) is 0.548. The maximum absolute atomic E-state index is 13.6. The first-order valence-corrected chi connectivity index (χ1v) is 18.6. The molecule has 0 aliphatic rings. The minimum absolute atomic E-state index is 0.127. The first kappa shape index (κ1) is 37.2.